The van der Waals surface area contributed by atoms with E-state index in [0.717, 1.165) is 44.7 Å². The van der Waals surface area contributed by atoms with Crippen LogP contribution in [0.25, 0.3) is 0 Å². The van der Waals surface area contributed by atoms with E-state index in [-0.39, 0.29) is 6.04 Å². The maximum Gasteiger partial charge on any atom is 0.126 e. The second-order valence-electron chi connectivity index (χ2n) is 6.63. The van der Waals surface area contributed by atoms with Gasteiger partial charge >= 0.3 is 0 Å². The number of fused-ring (bicyclic) bond motifs is 1. The molecule has 0 spiro atoms. The third-order valence-corrected chi connectivity index (χ3v) is 4.70. The van der Waals surface area contributed by atoms with Gasteiger partial charge in [0.2, 0.25) is 0 Å². The van der Waals surface area contributed by atoms with E-state index in [2.05, 4.69) is 42.4 Å². The Morgan fingerprint density at radius 3 is 3.10 bits per heavy atom. The fraction of sp³-hybridized carbons (Fsp3) is 0.647. The van der Waals surface area contributed by atoms with Crippen molar-refractivity contribution in [3.05, 3.63) is 29.3 Å². The topological polar surface area (TPSA) is 44.7 Å². The molecular weight excluding hydrogens is 264 g/mol. The second-order valence-corrected chi connectivity index (χ2v) is 6.63. The zero-order valence-corrected chi connectivity index (χ0v) is 13.1. The molecule has 2 heterocycles. The number of rotatable bonds is 3. The minimum absolute atomic E-state index is 0.275. The van der Waals surface area contributed by atoms with Gasteiger partial charge in [-0.2, -0.15) is 0 Å². The van der Waals surface area contributed by atoms with Crippen molar-refractivity contribution in [3.8, 4) is 5.75 Å². The molecule has 0 radical (unpaired) electrons. The fourth-order valence-electron chi connectivity index (χ4n) is 3.49. The van der Waals surface area contributed by atoms with E-state index in [0.29, 0.717) is 6.54 Å². The molecule has 4 nitrogen and oxygen atoms in total. The van der Waals surface area contributed by atoms with Crippen LogP contribution < -0.4 is 10.1 Å². The van der Waals surface area contributed by atoms with Crippen LogP contribution in [0.5, 0.6) is 5.75 Å². The lowest BCUT2D eigenvalue weighted by Gasteiger charge is -2.27. The quantitative estimate of drug-likeness (QED) is 0.892. The number of benzene rings is 1. The van der Waals surface area contributed by atoms with Crippen LogP contribution in [0.1, 0.15) is 36.4 Å². The number of hydrogen-bond donors (Lipinski definition) is 2. The first-order valence-electron chi connectivity index (χ1n) is 7.94. The number of likely N-dealkylation sites (N-methyl/N-ethyl adjacent to an activating group) is 1. The third-order valence-electron chi connectivity index (χ3n) is 4.70. The summed E-state index contributed by atoms with van der Waals surface area (Å²) >= 11 is 0. The average Bonchev–Trinajstić information content (AvgIpc) is 2.68. The highest BCUT2D eigenvalue weighted by molar-refractivity contribution is 5.43. The summed E-state index contributed by atoms with van der Waals surface area (Å²) < 4.78 is 5.91. The highest BCUT2D eigenvalue weighted by atomic mass is 16.5. The van der Waals surface area contributed by atoms with E-state index < -0.39 is 5.60 Å². The van der Waals surface area contributed by atoms with E-state index in [4.69, 9.17) is 4.74 Å². The Bertz CT molecular complexity index is 506. The SMILES string of the molecule is Cc1cccc2c1OCCC[C@H]2NC[C@]1(O)CCN(C)C1. The molecule has 0 amide bonds. The van der Waals surface area contributed by atoms with Gasteiger partial charge < -0.3 is 20.1 Å². The molecule has 0 aromatic heterocycles. The van der Waals surface area contributed by atoms with Crippen LogP contribution in [-0.4, -0.2) is 48.9 Å². The molecule has 1 saturated heterocycles. The first-order valence-corrected chi connectivity index (χ1v) is 7.94. The normalized spacial score (nSPS) is 29.8. The smallest absolute Gasteiger partial charge is 0.126 e. The van der Waals surface area contributed by atoms with Gasteiger partial charge in [-0.15, -0.1) is 0 Å². The zero-order chi connectivity index (χ0) is 14.9. The highest BCUT2D eigenvalue weighted by Gasteiger charge is 2.35. The van der Waals surface area contributed by atoms with Gasteiger partial charge in [0.1, 0.15) is 5.75 Å². The molecule has 0 unspecified atom stereocenters. The zero-order valence-electron chi connectivity index (χ0n) is 13.1. The number of likely N-dealkylation sites (tertiary alicyclic amines) is 1. The van der Waals surface area contributed by atoms with Gasteiger partial charge in [0.25, 0.3) is 0 Å². The van der Waals surface area contributed by atoms with Crippen molar-refractivity contribution in [1.29, 1.82) is 0 Å². The maximum absolute atomic E-state index is 10.6. The number of β-amino-alcohol motifs (C(OH)–C–C–N with tert-alkyl or cyclic N) is 1. The monoisotopic (exact) mass is 290 g/mol. The van der Waals surface area contributed by atoms with Gasteiger partial charge in [-0.25, -0.2) is 0 Å². The Hall–Kier alpha value is -1.10. The molecule has 4 heteroatoms. The number of aliphatic hydroxyl groups is 1. The standard InChI is InChI=1S/C17H26N2O2/c1-13-5-3-6-14-15(7-4-10-21-16(13)14)18-11-17(20)8-9-19(2)12-17/h3,5-6,15,18,20H,4,7-12H2,1-2H3/t15-,17-/m1/s1. The molecule has 0 bridgehead atoms. The van der Waals surface area contributed by atoms with Crippen molar-refractivity contribution in [2.45, 2.75) is 37.8 Å². The Balaban J connectivity index is 1.73. The molecule has 21 heavy (non-hydrogen) atoms. The molecule has 2 N–H and O–H groups in total. The van der Waals surface area contributed by atoms with Crippen LogP contribution in [0.4, 0.5) is 0 Å². The Morgan fingerprint density at radius 2 is 2.33 bits per heavy atom. The first-order chi connectivity index (χ1) is 10.1. The second kappa shape index (κ2) is 5.95. The lowest BCUT2D eigenvalue weighted by atomic mass is 9.97. The number of hydrogen-bond acceptors (Lipinski definition) is 4. The van der Waals surface area contributed by atoms with E-state index >= 15 is 0 Å². The summed E-state index contributed by atoms with van der Waals surface area (Å²) in [5, 5.41) is 14.2. The summed E-state index contributed by atoms with van der Waals surface area (Å²) in [4.78, 5) is 2.19. The number of ether oxygens (including phenoxy) is 1. The predicted octanol–water partition coefficient (Wildman–Crippen LogP) is 1.86. The van der Waals surface area contributed by atoms with E-state index in [1.54, 1.807) is 0 Å². The molecule has 0 saturated carbocycles. The van der Waals surface area contributed by atoms with Gasteiger partial charge in [-0.3, -0.25) is 0 Å². The summed E-state index contributed by atoms with van der Waals surface area (Å²) in [5.74, 6) is 1.03. The summed E-state index contributed by atoms with van der Waals surface area (Å²) in [6.07, 6.45) is 2.95. The lowest BCUT2D eigenvalue weighted by Crippen LogP contribution is -2.43. The van der Waals surface area contributed by atoms with E-state index in [9.17, 15) is 5.11 Å². The van der Waals surface area contributed by atoms with Crippen molar-refractivity contribution in [2.75, 3.05) is 33.3 Å². The summed E-state index contributed by atoms with van der Waals surface area (Å²) in [6, 6.07) is 6.61. The summed E-state index contributed by atoms with van der Waals surface area (Å²) in [7, 11) is 2.07. The van der Waals surface area contributed by atoms with Crippen LogP contribution in [0.3, 0.4) is 0 Å². The Labute approximate surface area is 127 Å². The van der Waals surface area contributed by atoms with Crippen LogP contribution in [0.15, 0.2) is 18.2 Å². The van der Waals surface area contributed by atoms with Crippen molar-refractivity contribution in [3.63, 3.8) is 0 Å². The first kappa shape index (κ1) is 14.8. The molecule has 1 aromatic rings. The van der Waals surface area contributed by atoms with Gasteiger partial charge in [0.05, 0.1) is 12.2 Å². The number of nitrogens with zero attached hydrogens (tertiary/aromatic N) is 1. The average molecular weight is 290 g/mol. The number of aryl methyl sites for hydroxylation is 1. The lowest BCUT2D eigenvalue weighted by molar-refractivity contribution is 0.0486. The molecule has 1 fully saturated rings. The van der Waals surface area contributed by atoms with Crippen LogP contribution in [0.2, 0.25) is 0 Å². The Kier molecular flexibility index (Phi) is 4.20. The maximum atomic E-state index is 10.6. The number of para-hydroxylation sites is 1. The van der Waals surface area contributed by atoms with Gasteiger partial charge in [0.15, 0.2) is 0 Å². The molecule has 116 valence electrons. The Morgan fingerprint density at radius 1 is 1.48 bits per heavy atom. The minimum atomic E-state index is -0.591. The highest BCUT2D eigenvalue weighted by Crippen LogP contribution is 2.34. The molecular formula is C17H26N2O2. The molecule has 2 aliphatic heterocycles. The predicted molar refractivity (Wildman–Crippen MR) is 83.7 cm³/mol. The van der Waals surface area contributed by atoms with E-state index in [1.807, 2.05) is 0 Å². The molecule has 0 aliphatic carbocycles. The summed E-state index contributed by atoms with van der Waals surface area (Å²) in [6.45, 7) is 5.25. The van der Waals surface area contributed by atoms with Crippen molar-refractivity contribution in [2.24, 2.45) is 0 Å². The van der Waals surface area contributed by atoms with Gasteiger partial charge in [0, 0.05) is 31.2 Å². The van der Waals surface area contributed by atoms with E-state index in [1.165, 1.54) is 11.1 Å². The molecule has 2 aliphatic rings. The molecule has 1 aromatic carbocycles. The van der Waals surface area contributed by atoms with Crippen molar-refractivity contribution < 1.29 is 9.84 Å². The van der Waals surface area contributed by atoms with Crippen LogP contribution >= 0.6 is 0 Å². The summed E-state index contributed by atoms with van der Waals surface area (Å²) in [5.41, 5.74) is 1.84. The van der Waals surface area contributed by atoms with Gasteiger partial charge in [-0.1, -0.05) is 18.2 Å². The van der Waals surface area contributed by atoms with Crippen molar-refractivity contribution in [1.82, 2.24) is 10.2 Å². The van der Waals surface area contributed by atoms with Crippen LogP contribution in [0, 0.1) is 6.92 Å². The third kappa shape index (κ3) is 3.23. The van der Waals surface area contributed by atoms with Crippen LogP contribution in [-0.2, 0) is 0 Å². The molecule has 2 atom stereocenters. The van der Waals surface area contributed by atoms with Crippen molar-refractivity contribution >= 4 is 0 Å². The fourth-order valence-corrected chi connectivity index (χ4v) is 3.49. The number of nitrogens with one attached hydrogen (secondary N) is 1. The van der Waals surface area contributed by atoms with Gasteiger partial charge in [-0.05, 0) is 38.8 Å². The molecule has 3 rings (SSSR count). The largest absolute Gasteiger partial charge is 0.493 e. The minimum Gasteiger partial charge on any atom is -0.493 e.